The number of nitrogens with zero attached hydrogens (tertiary/aromatic N) is 3. The van der Waals surface area contributed by atoms with Crippen molar-refractivity contribution < 1.29 is 5.11 Å². The Labute approximate surface area is 199 Å². The molecule has 0 saturated heterocycles. The van der Waals surface area contributed by atoms with E-state index >= 15 is 0 Å². The summed E-state index contributed by atoms with van der Waals surface area (Å²) in [5, 5.41) is 24.6. The van der Waals surface area contributed by atoms with Gasteiger partial charge in [0.1, 0.15) is 11.3 Å². The molecular weight excluding hydrogens is 424 g/mol. The van der Waals surface area contributed by atoms with Crippen molar-refractivity contribution >= 4 is 17.0 Å². The molecule has 7 nitrogen and oxygen atoms in total. The molecule has 2 aromatic heterocycles. The van der Waals surface area contributed by atoms with E-state index in [1.54, 1.807) is 0 Å². The van der Waals surface area contributed by atoms with Gasteiger partial charge in [0.2, 0.25) is 0 Å². The number of aliphatic hydroxyl groups excluding tert-OH is 1. The maximum absolute atomic E-state index is 9.68. The zero-order valence-corrected chi connectivity index (χ0v) is 19.3. The van der Waals surface area contributed by atoms with Crippen molar-refractivity contribution in [1.29, 1.82) is 0 Å². The molecule has 1 fully saturated rings. The average Bonchev–Trinajstić information content (AvgIpc) is 3.36. The van der Waals surface area contributed by atoms with E-state index in [-0.39, 0.29) is 12.5 Å². The minimum absolute atomic E-state index is 0.0152. The average molecular weight is 457 g/mol. The highest BCUT2D eigenvalue weighted by atomic mass is 16.3. The molecule has 1 atom stereocenters. The Bertz CT molecular complexity index is 1220. The van der Waals surface area contributed by atoms with Gasteiger partial charge in [-0.1, -0.05) is 59.8 Å². The molecule has 1 unspecified atom stereocenters. The smallest absolute Gasteiger partial charge is 0.178 e. The number of benzene rings is 2. The summed E-state index contributed by atoms with van der Waals surface area (Å²) >= 11 is 0. The fourth-order valence-electron chi connectivity index (χ4n) is 5.35. The second-order valence-electron chi connectivity index (χ2n) is 9.30. The van der Waals surface area contributed by atoms with Crippen LogP contribution < -0.4 is 11.1 Å². The second kappa shape index (κ2) is 10.3. The van der Waals surface area contributed by atoms with E-state index in [4.69, 9.17) is 5.73 Å². The van der Waals surface area contributed by atoms with Crippen molar-refractivity contribution in [1.82, 2.24) is 25.7 Å². The number of nitrogens with one attached hydrogen (secondary N) is 2. The van der Waals surface area contributed by atoms with Gasteiger partial charge in [0.15, 0.2) is 5.65 Å². The third-order valence-corrected chi connectivity index (χ3v) is 7.12. The number of aliphatic hydroxyl groups is 1. The van der Waals surface area contributed by atoms with Crippen molar-refractivity contribution in [2.75, 3.05) is 12.3 Å². The van der Waals surface area contributed by atoms with Crippen molar-refractivity contribution in [2.45, 2.75) is 56.6 Å². The summed E-state index contributed by atoms with van der Waals surface area (Å²) in [5.74, 6) is 1.19. The van der Waals surface area contributed by atoms with Gasteiger partial charge in [0.05, 0.1) is 6.61 Å². The Morgan fingerprint density at radius 1 is 1.03 bits per heavy atom. The lowest BCUT2D eigenvalue weighted by molar-refractivity contribution is 0.281. The Morgan fingerprint density at radius 3 is 2.65 bits per heavy atom. The third-order valence-electron chi connectivity index (χ3n) is 7.12. The lowest BCUT2D eigenvalue weighted by atomic mass is 9.81. The first-order valence-electron chi connectivity index (χ1n) is 12.2. The van der Waals surface area contributed by atoms with Gasteiger partial charge in [-0.2, -0.15) is 0 Å². The number of aromatic amines is 1. The van der Waals surface area contributed by atoms with Crippen LogP contribution in [0.25, 0.3) is 11.2 Å². The standard InChI is InChI=1S/C27H32N6O/c28-25-16-24(26-27(30-25)32-33-31-26)23(21-8-4-5-18(15-21)17-34)13-14-29-22-11-9-20(10-12-22)19-6-2-1-3-7-19/h1-8,15-16,20,22-23,29,34H,9-14,17H2,(H3,28,30,31,32,33)/t20-,22-,23?. The summed E-state index contributed by atoms with van der Waals surface area (Å²) < 4.78 is 0. The molecule has 0 radical (unpaired) electrons. The predicted molar refractivity (Wildman–Crippen MR) is 134 cm³/mol. The van der Waals surface area contributed by atoms with E-state index in [9.17, 15) is 5.11 Å². The van der Waals surface area contributed by atoms with Crippen LogP contribution in [-0.2, 0) is 6.61 Å². The van der Waals surface area contributed by atoms with Crippen molar-refractivity contribution in [3.8, 4) is 0 Å². The van der Waals surface area contributed by atoms with Crippen LogP contribution >= 0.6 is 0 Å². The Balaban J connectivity index is 1.29. The van der Waals surface area contributed by atoms with Crippen molar-refractivity contribution in [2.24, 2.45) is 0 Å². The second-order valence-corrected chi connectivity index (χ2v) is 9.30. The molecule has 34 heavy (non-hydrogen) atoms. The normalized spacial score (nSPS) is 19.3. The molecule has 0 aliphatic heterocycles. The molecule has 1 saturated carbocycles. The minimum atomic E-state index is 0.0152. The van der Waals surface area contributed by atoms with E-state index in [2.05, 4.69) is 68.2 Å². The summed E-state index contributed by atoms with van der Waals surface area (Å²) in [6.45, 7) is 0.900. The molecule has 7 heteroatoms. The maximum atomic E-state index is 9.68. The lowest BCUT2D eigenvalue weighted by Crippen LogP contribution is -2.34. The molecule has 0 amide bonds. The Kier molecular flexibility index (Phi) is 6.83. The highest BCUT2D eigenvalue weighted by Crippen LogP contribution is 2.35. The van der Waals surface area contributed by atoms with Gasteiger partial charge in [-0.3, -0.25) is 0 Å². The highest BCUT2D eigenvalue weighted by molar-refractivity contribution is 5.77. The summed E-state index contributed by atoms with van der Waals surface area (Å²) in [5.41, 5.74) is 12.0. The van der Waals surface area contributed by atoms with Gasteiger partial charge in [-0.25, -0.2) is 10.1 Å². The van der Waals surface area contributed by atoms with Gasteiger partial charge in [0, 0.05) is 12.0 Å². The number of fused-ring (bicyclic) bond motifs is 1. The summed E-state index contributed by atoms with van der Waals surface area (Å²) in [4.78, 5) is 4.33. The predicted octanol–water partition coefficient (Wildman–Crippen LogP) is 4.27. The molecule has 0 spiro atoms. The first kappa shape index (κ1) is 22.5. The highest BCUT2D eigenvalue weighted by Gasteiger charge is 2.24. The largest absolute Gasteiger partial charge is 0.392 e. The summed E-state index contributed by atoms with van der Waals surface area (Å²) in [6, 6.07) is 21.5. The van der Waals surface area contributed by atoms with Gasteiger partial charge in [0.25, 0.3) is 0 Å². The number of H-pyrrole nitrogens is 1. The number of hydrogen-bond acceptors (Lipinski definition) is 6. The van der Waals surface area contributed by atoms with E-state index in [1.807, 2.05) is 18.2 Å². The first-order chi connectivity index (χ1) is 16.7. The molecule has 2 heterocycles. The van der Waals surface area contributed by atoms with Gasteiger partial charge >= 0.3 is 0 Å². The number of pyridine rings is 1. The Hall–Kier alpha value is -3.29. The number of anilines is 1. The summed E-state index contributed by atoms with van der Waals surface area (Å²) in [6.07, 6.45) is 5.73. The molecule has 4 aromatic rings. The van der Waals surface area contributed by atoms with Crippen LogP contribution in [0.2, 0.25) is 0 Å². The molecule has 2 aromatic carbocycles. The van der Waals surface area contributed by atoms with Crippen molar-refractivity contribution in [3.63, 3.8) is 0 Å². The van der Waals surface area contributed by atoms with Crippen LogP contribution in [0.1, 0.15) is 66.2 Å². The molecule has 176 valence electrons. The number of aromatic nitrogens is 4. The number of rotatable bonds is 8. The number of nitrogen functional groups attached to an aromatic ring is 1. The van der Waals surface area contributed by atoms with Gasteiger partial charge < -0.3 is 16.2 Å². The fourth-order valence-corrected chi connectivity index (χ4v) is 5.35. The molecule has 5 N–H and O–H groups in total. The van der Waals surface area contributed by atoms with Gasteiger partial charge in [-0.15, -0.1) is 5.10 Å². The first-order valence-corrected chi connectivity index (χ1v) is 12.2. The van der Waals surface area contributed by atoms with E-state index < -0.39 is 0 Å². The maximum Gasteiger partial charge on any atom is 0.178 e. The monoisotopic (exact) mass is 456 g/mol. The molecule has 5 rings (SSSR count). The molecule has 1 aliphatic carbocycles. The quantitative estimate of drug-likeness (QED) is 0.315. The van der Waals surface area contributed by atoms with Crippen LogP contribution in [0.15, 0.2) is 60.7 Å². The van der Waals surface area contributed by atoms with E-state index in [1.165, 1.54) is 31.2 Å². The molecule has 1 aliphatic rings. The number of nitrogens with two attached hydrogens (primary N) is 1. The zero-order chi connectivity index (χ0) is 23.3. The minimum Gasteiger partial charge on any atom is -0.392 e. The molecule has 0 bridgehead atoms. The van der Waals surface area contributed by atoms with Crippen LogP contribution in [0.5, 0.6) is 0 Å². The Morgan fingerprint density at radius 2 is 1.85 bits per heavy atom. The van der Waals surface area contributed by atoms with Crippen LogP contribution in [0.3, 0.4) is 0 Å². The third kappa shape index (κ3) is 4.95. The fraction of sp³-hybridized carbons (Fsp3) is 0.370. The van der Waals surface area contributed by atoms with Crippen LogP contribution in [-0.4, -0.2) is 38.1 Å². The van der Waals surface area contributed by atoms with Gasteiger partial charge in [-0.05, 0) is 72.9 Å². The van der Waals surface area contributed by atoms with Crippen molar-refractivity contribution in [3.05, 3.63) is 82.9 Å². The number of hydrogen-bond donors (Lipinski definition) is 4. The lowest BCUT2D eigenvalue weighted by Gasteiger charge is -2.30. The van der Waals surface area contributed by atoms with Crippen LogP contribution in [0.4, 0.5) is 5.82 Å². The zero-order valence-electron chi connectivity index (χ0n) is 19.3. The molecular formula is C27H32N6O. The van der Waals surface area contributed by atoms with Crippen LogP contribution in [0, 0.1) is 0 Å². The van der Waals surface area contributed by atoms with E-state index in [0.717, 1.165) is 35.2 Å². The topological polar surface area (TPSA) is 113 Å². The summed E-state index contributed by atoms with van der Waals surface area (Å²) in [7, 11) is 0. The van der Waals surface area contributed by atoms with E-state index in [0.29, 0.717) is 23.4 Å². The SMILES string of the molecule is Nc1cc(C(CCN[C@H]2CC[C@H](c3ccccc3)CC2)c2cccc(CO)c2)c2nn[nH]c2n1.